The summed E-state index contributed by atoms with van der Waals surface area (Å²) in [6, 6.07) is 1.57. The number of ether oxygens (including phenoxy) is 1. The number of hydrogen-bond donors (Lipinski definition) is 1. The van der Waals surface area contributed by atoms with E-state index >= 15 is 0 Å². The molecule has 10 heteroatoms. The zero-order chi connectivity index (χ0) is 17.9. The van der Waals surface area contributed by atoms with Crippen LogP contribution >= 0.6 is 0 Å². The SMILES string of the molecule is CN(CC(=O)Nc1ccc(F)c(F)c1F)CC(=O)N1CCOC1=O. The molecule has 1 aromatic carbocycles. The number of carbonyl (C=O) groups excluding carboxylic acids is 3. The third kappa shape index (κ3) is 4.02. The van der Waals surface area contributed by atoms with Crippen molar-refractivity contribution in [1.82, 2.24) is 9.80 Å². The number of anilines is 1. The van der Waals surface area contributed by atoms with E-state index in [1.165, 1.54) is 11.9 Å². The number of hydrogen-bond acceptors (Lipinski definition) is 5. The molecule has 0 aromatic heterocycles. The number of nitrogens with zero attached hydrogens (tertiary/aromatic N) is 2. The van der Waals surface area contributed by atoms with Gasteiger partial charge in [-0.15, -0.1) is 0 Å². The second kappa shape index (κ2) is 7.30. The fourth-order valence-corrected chi connectivity index (χ4v) is 2.05. The van der Waals surface area contributed by atoms with Gasteiger partial charge in [0.15, 0.2) is 17.5 Å². The van der Waals surface area contributed by atoms with Crippen LogP contribution in [0.3, 0.4) is 0 Å². The van der Waals surface area contributed by atoms with Crippen LogP contribution in [0.25, 0.3) is 0 Å². The van der Waals surface area contributed by atoms with E-state index in [1.54, 1.807) is 0 Å². The van der Waals surface area contributed by atoms with Crippen molar-refractivity contribution in [3.05, 3.63) is 29.6 Å². The number of imide groups is 1. The Morgan fingerprint density at radius 2 is 1.96 bits per heavy atom. The smallest absolute Gasteiger partial charge is 0.416 e. The van der Waals surface area contributed by atoms with Crippen LogP contribution in [0.4, 0.5) is 23.7 Å². The molecule has 0 bridgehead atoms. The standard InChI is InChI=1S/C14H14F3N3O4/c1-19(7-11(22)20-4-5-24-14(20)23)6-10(21)18-9-3-2-8(15)12(16)13(9)17/h2-3H,4-7H2,1H3,(H,18,21). The molecule has 0 aliphatic carbocycles. The van der Waals surface area contributed by atoms with E-state index < -0.39 is 41.0 Å². The summed E-state index contributed by atoms with van der Waals surface area (Å²) < 4.78 is 44.0. The molecule has 0 unspecified atom stereocenters. The quantitative estimate of drug-likeness (QED) is 0.804. The molecule has 0 atom stereocenters. The highest BCUT2D eigenvalue weighted by Crippen LogP contribution is 2.19. The number of nitrogens with one attached hydrogen (secondary N) is 1. The molecule has 0 spiro atoms. The molecule has 1 saturated heterocycles. The maximum absolute atomic E-state index is 13.5. The molecule has 7 nitrogen and oxygen atoms in total. The number of halogens is 3. The number of carbonyl (C=O) groups is 3. The van der Waals surface area contributed by atoms with E-state index in [4.69, 9.17) is 0 Å². The lowest BCUT2D eigenvalue weighted by Gasteiger charge is -2.18. The average molecular weight is 345 g/mol. The Kier molecular flexibility index (Phi) is 5.39. The Bertz CT molecular complexity index is 683. The van der Waals surface area contributed by atoms with E-state index in [0.29, 0.717) is 6.07 Å². The summed E-state index contributed by atoms with van der Waals surface area (Å²) in [5.41, 5.74) is -0.512. The minimum Gasteiger partial charge on any atom is -0.447 e. The maximum atomic E-state index is 13.5. The molecule has 1 N–H and O–H groups in total. The summed E-state index contributed by atoms with van der Waals surface area (Å²) >= 11 is 0. The molecule has 1 heterocycles. The second-order valence-electron chi connectivity index (χ2n) is 5.10. The highest BCUT2D eigenvalue weighted by atomic mass is 19.2. The summed E-state index contributed by atoms with van der Waals surface area (Å²) in [6.45, 7) is -0.322. The monoisotopic (exact) mass is 345 g/mol. The van der Waals surface area contributed by atoms with Gasteiger partial charge in [-0.2, -0.15) is 0 Å². The first kappa shape index (κ1) is 17.7. The Morgan fingerprint density at radius 1 is 1.25 bits per heavy atom. The molecule has 0 saturated carbocycles. The van der Waals surface area contributed by atoms with Crippen LogP contribution < -0.4 is 5.32 Å². The van der Waals surface area contributed by atoms with Gasteiger partial charge in [0, 0.05) is 0 Å². The summed E-state index contributed by atoms with van der Waals surface area (Å²) in [5.74, 6) is -5.86. The van der Waals surface area contributed by atoms with Crippen molar-refractivity contribution in [2.75, 3.05) is 38.6 Å². The van der Waals surface area contributed by atoms with Crippen molar-refractivity contribution in [3.8, 4) is 0 Å². The minimum atomic E-state index is -1.69. The third-order valence-electron chi connectivity index (χ3n) is 3.19. The average Bonchev–Trinajstić information content (AvgIpc) is 2.94. The molecule has 1 aliphatic heterocycles. The first-order valence-corrected chi connectivity index (χ1v) is 6.88. The van der Waals surface area contributed by atoms with Crippen molar-refractivity contribution in [1.29, 1.82) is 0 Å². The van der Waals surface area contributed by atoms with Gasteiger partial charge in [0.05, 0.1) is 25.3 Å². The van der Waals surface area contributed by atoms with Gasteiger partial charge >= 0.3 is 6.09 Å². The minimum absolute atomic E-state index is 0.115. The number of rotatable bonds is 5. The second-order valence-corrected chi connectivity index (χ2v) is 5.10. The predicted molar refractivity (Wildman–Crippen MR) is 75.5 cm³/mol. The van der Waals surface area contributed by atoms with Gasteiger partial charge in [0.25, 0.3) is 0 Å². The Balaban J connectivity index is 1.89. The van der Waals surface area contributed by atoms with Crippen molar-refractivity contribution in [2.24, 2.45) is 0 Å². The molecule has 0 radical (unpaired) electrons. The highest BCUT2D eigenvalue weighted by Gasteiger charge is 2.29. The molecule has 2 rings (SSSR count). The van der Waals surface area contributed by atoms with Crippen LogP contribution in [-0.2, 0) is 14.3 Å². The summed E-state index contributed by atoms with van der Waals surface area (Å²) in [5, 5.41) is 2.08. The van der Waals surface area contributed by atoms with Crippen molar-refractivity contribution in [3.63, 3.8) is 0 Å². The number of cyclic esters (lactones) is 1. The van der Waals surface area contributed by atoms with Crippen molar-refractivity contribution < 1.29 is 32.3 Å². The molecule has 1 aromatic rings. The summed E-state index contributed by atoms with van der Waals surface area (Å²) in [4.78, 5) is 37.0. The topological polar surface area (TPSA) is 79.0 Å². The first-order chi connectivity index (χ1) is 11.3. The fraction of sp³-hybridized carbons (Fsp3) is 0.357. The normalized spacial score (nSPS) is 14.0. The Hall–Kier alpha value is -2.62. The van der Waals surface area contributed by atoms with Gasteiger partial charge in [0.1, 0.15) is 6.61 Å². The van der Waals surface area contributed by atoms with Crippen LogP contribution in [0, 0.1) is 17.5 Å². The van der Waals surface area contributed by atoms with Gasteiger partial charge in [-0.1, -0.05) is 0 Å². The Morgan fingerprint density at radius 3 is 2.58 bits per heavy atom. The molecule has 24 heavy (non-hydrogen) atoms. The van der Waals surface area contributed by atoms with Crippen LogP contribution in [0.15, 0.2) is 12.1 Å². The lowest BCUT2D eigenvalue weighted by atomic mass is 10.2. The van der Waals surface area contributed by atoms with Crippen molar-refractivity contribution in [2.45, 2.75) is 0 Å². The van der Waals surface area contributed by atoms with E-state index in [0.717, 1.165) is 11.0 Å². The summed E-state index contributed by atoms with van der Waals surface area (Å²) in [6.07, 6.45) is -0.748. The van der Waals surface area contributed by atoms with Gasteiger partial charge in [0.2, 0.25) is 11.8 Å². The summed E-state index contributed by atoms with van der Waals surface area (Å²) in [7, 11) is 1.43. The lowest BCUT2D eigenvalue weighted by Crippen LogP contribution is -2.41. The van der Waals surface area contributed by atoms with Crippen molar-refractivity contribution >= 4 is 23.6 Å². The molecule has 130 valence electrons. The number of benzene rings is 1. The first-order valence-electron chi connectivity index (χ1n) is 6.88. The van der Waals surface area contributed by atoms with E-state index in [1.807, 2.05) is 0 Å². The van der Waals surface area contributed by atoms with Crippen LogP contribution in [0.2, 0.25) is 0 Å². The van der Waals surface area contributed by atoms with E-state index in [2.05, 4.69) is 10.1 Å². The third-order valence-corrected chi connectivity index (χ3v) is 3.19. The van der Waals surface area contributed by atoms with E-state index in [9.17, 15) is 27.6 Å². The van der Waals surface area contributed by atoms with Crippen LogP contribution in [0.5, 0.6) is 0 Å². The molecule has 1 aliphatic rings. The van der Waals surface area contributed by atoms with Gasteiger partial charge in [-0.05, 0) is 19.2 Å². The van der Waals surface area contributed by atoms with Gasteiger partial charge in [-0.3, -0.25) is 14.5 Å². The van der Waals surface area contributed by atoms with Crippen LogP contribution in [0.1, 0.15) is 0 Å². The lowest BCUT2D eigenvalue weighted by molar-refractivity contribution is -0.129. The zero-order valence-corrected chi connectivity index (χ0v) is 12.6. The van der Waals surface area contributed by atoms with Gasteiger partial charge in [-0.25, -0.2) is 22.9 Å². The number of amides is 3. The largest absolute Gasteiger partial charge is 0.447 e. The van der Waals surface area contributed by atoms with E-state index in [-0.39, 0.29) is 26.2 Å². The highest BCUT2D eigenvalue weighted by molar-refractivity contribution is 5.95. The Labute approximate surface area is 135 Å². The molecule has 3 amide bonds. The van der Waals surface area contributed by atoms with Crippen LogP contribution in [-0.4, -0.2) is 61.0 Å². The molecular formula is C14H14F3N3O4. The molecule has 1 fully saturated rings. The van der Waals surface area contributed by atoms with Gasteiger partial charge < -0.3 is 10.1 Å². The molecular weight excluding hydrogens is 331 g/mol. The fourth-order valence-electron chi connectivity index (χ4n) is 2.05. The number of likely N-dealkylation sites (N-methyl/N-ethyl adjacent to an activating group) is 1. The predicted octanol–water partition coefficient (Wildman–Crippen LogP) is 0.953. The maximum Gasteiger partial charge on any atom is 0.416 e. The zero-order valence-electron chi connectivity index (χ0n) is 12.6.